The lowest BCUT2D eigenvalue weighted by Gasteiger charge is -2.26. The molecule has 1 aliphatic rings. The Hall–Kier alpha value is -2.42. The highest BCUT2D eigenvalue weighted by Gasteiger charge is 2.21. The van der Waals surface area contributed by atoms with Crippen molar-refractivity contribution in [1.82, 2.24) is 20.2 Å². The van der Waals surface area contributed by atoms with Gasteiger partial charge in [-0.25, -0.2) is 0 Å². The quantitative estimate of drug-likeness (QED) is 0.569. The summed E-state index contributed by atoms with van der Waals surface area (Å²) in [6, 6.07) is 15.9. The van der Waals surface area contributed by atoms with E-state index in [1.54, 1.807) is 11.8 Å². The third kappa shape index (κ3) is 4.77. The predicted octanol–water partition coefficient (Wildman–Crippen LogP) is 3.22. The van der Waals surface area contributed by atoms with Gasteiger partial charge in [0.2, 0.25) is 5.16 Å². The fraction of sp³-hybridized carbons (Fsp3) is 0.381. The molecule has 0 saturated heterocycles. The molecule has 0 aliphatic heterocycles. The fourth-order valence-corrected chi connectivity index (χ4v) is 4.28. The zero-order valence-electron chi connectivity index (χ0n) is 16.3. The Morgan fingerprint density at radius 1 is 1.21 bits per heavy atom. The second-order valence-electron chi connectivity index (χ2n) is 6.95. The van der Waals surface area contributed by atoms with Gasteiger partial charge in [0.15, 0.2) is 0 Å². The molecule has 152 valence electrons. The standard InChI is InChI=1S/C21H24N4O3S/c1-27-18-11-9-16(10-12-18)25-21(22-23-24-25)29-14-17(26)13-28-20-8-4-6-15-5-2-3-7-19(15)20/h2-3,5,7,9-12,17,20,26H,4,6,8,13-14H2,1H3/t17-,20-/m1/s1. The molecule has 0 bridgehead atoms. The Kier molecular flexibility index (Phi) is 6.43. The average Bonchev–Trinajstić information content (AvgIpc) is 3.25. The van der Waals surface area contributed by atoms with Gasteiger partial charge in [-0.15, -0.1) is 5.10 Å². The normalized spacial score (nSPS) is 17.0. The average molecular weight is 413 g/mol. The van der Waals surface area contributed by atoms with Crippen molar-refractivity contribution in [2.75, 3.05) is 19.5 Å². The van der Waals surface area contributed by atoms with Gasteiger partial charge in [0.25, 0.3) is 0 Å². The molecule has 0 saturated carbocycles. The number of hydrogen-bond donors (Lipinski definition) is 1. The van der Waals surface area contributed by atoms with Crippen LogP contribution in [0.25, 0.3) is 5.69 Å². The number of methoxy groups -OCH3 is 1. The highest BCUT2D eigenvalue weighted by atomic mass is 32.2. The van der Waals surface area contributed by atoms with Crippen molar-refractivity contribution >= 4 is 11.8 Å². The smallest absolute Gasteiger partial charge is 0.214 e. The first-order chi connectivity index (χ1) is 14.2. The van der Waals surface area contributed by atoms with Crippen LogP contribution in [-0.4, -0.2) is 50.9 Å². The van der Waals surface area contributed by atoms with Crippen LogP contribution < -0.4 is 4.74 Å². The Balaban J connectivity index is 1.32. The molecule has 0 spiro atoms. The van der Waals surface area contributed by atoms with Gasteiger partial charge in [0.1, 0.15) is 5.75 Å². The minimum atomic E-state index is -0.602. The van der Waals surface area contributed by atoms with Gasteiger partial charge >= 0.3 is 0 Å². The molecule has 8 heteroatoms. The summed E-state index contributed by atoms with van der Waals surface area (Å²) >= 11 is 1.40. The van der Waals surface area contributed by atoms with Gasteiger partial charge in [0, 0.05) is 5.75 Å². The number of aliphatic hydroxyl groups is 1. The molecule has 1 aliphatic carbocycles. The predicted molar refractivity (Wildman–Crippen MR) is 111 cm³/mol. The summed E-state index contributed by atoms with van der Waals surface area (Å²) in [5.74, 6) is 1.22. The number of benzene rings is 2. The summed E-state index contributed by atoms with van der Waals surface area (Å²) in [6.45, 7) is 0.288. The molecule has 2 atom stereocenters. The third-order valence-electron chi connectivity index (χ3n) is 4.97. The maximum Gasteiger partial charge on any atom is 0.214 e. The Morgan fingerprint density at radius 3 is 2.86 bits per heavy atom. The van der Waals surface area contributed by atoms with Crippen molar-refractivity contribution in [3.63, 3.8) is 0 Å². The molecule has 3 aromatic rings. The van der Waals surface area contributed by atoms with Crippen LogP contribution in [0.5, 0.6) is 5.75 Å². The Morgan fingerprint density at radius 2 is 2.03 bits per heavy atom. The summed E-state index contributed by atoms with van der Waals surface area (Å²) in [6.07, 6.45) is 2.66. The number of tetrazole rings is 1. The topological polar surface area (TPSA) is 82.3 Å². The SMILES string of the molecule is COc1ccc(-n2nnnc2SC[C@H](O)CO[C@@H]2CCCc3ccccc32)cc1. The summed E-state index contributed by atoms with van der Waals surface area (Å²) in [7, 11) is 1.63. The molecule has 4 rings (SSSR count). The Labute approximate surface area is 174 Å². The van der Waals surface area contributed by atoms with Gasteiger partial charge in [-0.05, 0) is 65.1 Å². The minimum Gasteiger partial charge on any atom is -0.497 e. The number of aliphatic hydroxyl groups excluding tert-OH is 1. The van der Waals surface area contributed by atoms with E-state index in [1.807, 2.05) is 30.3 Å². The molecule has 1 heterocycles. The summed E-state index contributed by atoms with van der Waals surface area (Å²) in [5.41, 5.74) is 3.44. The fourth-order valence-electron chi connectivity index (χ4n) is 3.48. The molecule has 1 aromatic heterocycles. The first kappa shape index (κ1) is 19.9. The zero-order chi connectivity index (χ0) is 20.1. The summed E-state index contributed by atoms with van der Waals surface area (Å²) < 4.78 is 12.9. The largest absolute Gasteiger partial charge is 0.497 e. The Bertz CT molecular complexity index is 932. The lowest BCUT2D eigenvalue weighted by molar-refractivity contribution is -0.00960. The van der Waals surface area contributed by atoms with E-state index in [0.29, 0.717) is 10.9 Å². The van der Waals surface area contributed by atoms with Gasteiger partial charge < -0.3 is 14.6 Å². The van der Waals surface area contributed by atoms with Crippen LogP contribution >= 0.6 is 11.8 Å². The maximum absolute atomic E-state index is 10.4. The van der Waals surface area contributed by atoms with Crippen molar-refractivity contribution in [2.24, 2.45) is 0 Å². The molecular weight excluding hydrogens is 388 g/mol. The minimum absolute atomic E-state index is 0.0595. The van der Waals surface area contributed by atoms with Gasteiger partial charge in [-0.1, -0.05) is 36.0 Å². The van der Waals surface area contributed by atoms with E-state index in [0.717, 1.165) is 30.7 Å². The van der Waals surface area contributed by atoms with E-state index >= 15 is 0 Å². The first-order valence-electron chi connectivity index (χ1n) is 9.67. The molecule has 0 amide bonds. The van der Waals surface area contributed by atoms with Crippen molar-refractivity contribution < 1.29 is 14.6 Å². The van der Waals surface area contributed by atoms with Crippen LogP contribution in [-0.2, 0) is 11.2 Å². The molecule has 1 N–H and O–H groups in total. The number of aromatic nitrogens is 4. The van der Waals surface area contributed by atoms with Crippen LogP contribution in [0.15, 0.2) is 53.7 Å². The lowest BCUT2D eigenvalue weighted by atomic mass is 9.89. The molecule has 7 nitrogen and oxygen atoms in total. The van der Waals surface area contributed by atoms with Crippen LogP contribution in [0.4, 0.5) is 0 Å². The van der Waals surface area contributed by atoms with Crippen LogP contribution in [0.2, 0.25) is 0 Å². The van der Waals surface area contributed by atoms with Gasteiger partial charge in [-0.3, -0.25) is 0 Å². The monoisotopic (exact) mass is 412 g/mol. The number of thioether (sulfide) groups is 1. The van der Waals surface area contributed by atoms with Crippen LogP contribution in [0, 0.1) is 0 Å². The van der Waals surface area contributed by atoms with E-state index < -0.39 is 6.10 Å². The number of hydrogen-bond acceptors (Lipinski definition) is 7. The number of nitrogens with zero attached hydrogens (tertiary/aromatic N) is 4. The molecule has 0 unspecified atom stereocenters. The highest BCUT2D eigenvalue weighted by Crippen LogP contribution is 2.32. The van der Waals surface area contributed by atoms with Crippen molar-refractivity contribution in [3.05, 3.63) is 59.7 Å². The second-order valence-corrected chi connectivity index (χ2v) is 7.94. The van der Waals surface area contributed by atoms with Crippen molar-refractivity contribution in [3.8, 4) is 11.4 Å². The molecule has 0 radical (unpaired) electrons. The summed E-state index contributed by atoms with van der Waals surface area (Å²) in [4.78, 5) is 0. The van der Waals surface area contributed by atoms with Gasteiger partial charge in [-0.2, -0.15) is 4.68 Å². The second kappa shape index (κ2) is 9.39. The van der Waals surface area contributed by atoms with E-state index in [-0.39, 0.29) is 12.7 Å². The van der Waals surface area contributed by atoms with Crippen molar-refractivity contribution in [1.29, 1.82) is 0 Å². The zero-order valence-corrected chi connectivity index (χ0v) is 17.1. The number of ether oxygens (including phenoxy) is 2. The van der Waals surface area contributed by atoms with E-state index in [4.69, 9.17) is 9.47 Å². The molecule has 2 aromatic carbocycles. The van der Waals surface area contributed by atoms with E-state index in [9.17, 15) is 5.11 Å². The maximum atomic E-state index is 10.4. The lowest BCUT2D eigenvalue weighted by Crippen LogP contribution is -2.22. The molecule has 29 heavy (non-hydrogen) atoms. The van der Waals surface area contributed by atoms with E-state index in [1.165, 1.54) is 22.9 Å². The molecule has 0 fully saturated rings. The van der Waals surface area contributed by atoms with Crippen LogP contribution in [0.1, 0.15) is 30.1 Å². The highest BCUT2D eigenvalue weighted by molar-refractivity contribution is 7.99. The number of fused-ring (bicyclic) bond motifs is 1. The van der Waals surface area contributed by atoms with E-state index in [2.05, 4.69) is 33.7 Å². The first-order valence-corrected chi connectivity index (χ1v) is 10.7. The van der Waals surface area contributed by atoms with Gasteiger partial charge in [0.05, 0.1) is 31.6 Å². The molecular formula is C21H24N4O3S. The number of aryl methyl sites for hydroxylation is 1. The number of rotatable bonds is 8. The third-order valence-corrected chi connectivity index (χ3v) is 6.03. The summed E-state index contributed by atoms with van der Waals surface area (Å²) in [5, 5.41) is 22.9. The van der Waals surface area contributed by atoms with Crippen molar-refractivity contribution in [2.45, 2.75) is 36.6 Å². The van der Waals surface area contributed by atoms with Crippen LogP contribution in [0.3, 0.4) is 0 Å².